The van der Waals surface area contributed by atoms with Gasteiger partial charge in [-0.15, -0.1) is 0 Å². The molecule has 1 fully saturated rings. The predicted molar refractivity (Wildman–Crippen MR) is 85.4 cm³/mol. The second-order valence-corrected chi connectivity index (χ2v) is 5.38. The summed E-state index contributed by atoms with van der Waals surface area (Å²) in [6, 6.07) is 4.16. The summed E-state index contributed by atoms with van der Waals surface area (Å²) in [6.45, 7) is 5.94. The van der Waals surface area contributed by atoms with Gasteiger partial charge in [-0.2, -0.15) is 0 Å². The van der Waals surface area contributed by atoms with Crippen LogP contribution < -0.4 is 15.4 Å². The molecule has 5 nitrogen and oxygen atoms in total. The Bertz CT molecular complexity index is 443. The topological polar surface area (TPSA) is 54.6 Å². The number of rotatable bonds is 5. The molecule has 2 heterocycles. The molecule has 20 heavy (non-hydrogen) atoms. The Morgan fingerprint density at radius 1 is 1.40 bits per heavy atom. The summed E-state index contributed by atoms with van der Waals surface area (Å²) in [4.78, 5) is 9.67. The molecule has 1 aliphatic heterocycles. The van der Waals surface area contributed by atoms with Crippen LogP contribution in [0.2, 0.25) is 0 Å². The van der Waals surface area contributed by atoms with Crippen molar-refractivity contribution >= 4 is 23.0 Å². The summed E-state index contributed by atoms with van der Waals surface area (Å²) in [5.74, 6) is 1.78. The number of anilines is 1. The first-order valence-corrected chi connectivity index (χ1v) is 7.35. The van der Waals surface area contributed by atoms with E-state index in [0.717, 1.165) is 44.2 Å². The maximum atomic E-state index is 5.81. The third-order valence-corrected chi connectivity index (χ3v) is 4.02. The molecular formula is C14H22N4OS. The van der Waals surface area contributed by atoms with E-state index in [0.29, 0.717) is 4.99 Å². The third kappa shape index (κ3) is 3.37. The molecule has 6 heteroatoms. The van der Waals surface area contributed by atoms with Gasteiger partial charge in [-0.05, 0) is 18.6 Å². The van der Waals surface area contributed by atoms with Gasteiger partial charge < -0.3 is 15.4 Å². The molecule has 0 aliphatic carbocycles. The standard InChI is InChI=1S/C14H22N4OS/c1-3-12(14(15)20)17-6-8-18(9-7-17)13-5-4-11(19-2)10-16-13/h4-5,10,12H,3,6-9H2,1-2H3,(H2,15,20). The molecule has 0 bridgehead atoms. The van der Waals surface area contributed by atoms with Gasteiger partial charge in [0.25, 0.3) is 0 Å². The minimum atomic E-state index is 0.218. The number of nitrogens with zero attached hydrogens (tertiary/aromatic N) is 3. The molecule has 1 saturated heterocycles. The van der Waals surface area contributed by atoms with E-state index in [2.05, 4.69) is 21.7 Å². The van der Waals surface area contributed by atoms with E-state index in [9.17, 15) is 0 Å². The van der Waals surface area contributed by atoms with Crippen LogP contribution in [-0.4, -0.2) is 54.2 Å². The van der Waals surface area contributed by atoms with E-state index in [1.807, 2.05) is 12.1 Å². The highest BCUT2D eigenvalue weighted by atomic mass is 32.1. The number of methoxy groups -OCH3 is 1. The molecular weight excluding hydrogens is 272 g/mol. The van der Waals surface area contributed by atoms with Crippen molar-refractivity contribution in [3.8, 4) is 5.75 Å². The minimum Gasteiger partial charge on any atom is -0.495 e. The molecule has 0 spiro atoms. The SMILES string of the molecule is CCC(C(N)=S)N1CCN(c2ccc(OC)cn2)CC1. The molecule has 1 atom stereocenters. The number of hydrogen-bond donors (Lipinski definition) is 1. The summed E-state index contributed by atoms with van der Waals surface area (Å²) in [5, 5.41) is 0. The Labute approximate surface area is 125 Å². The van der Waals surface area contributed by atoms with Gasteiger partial charge in [-0.25, -0.2) is 4.98 Å². The Balaban J connectivity index is 1.94. The molecule has 2 N–H and O–H groups in total. The molecule has 1 aliphatic rings. The van der Waals surface area contributed by atoms with Crippen molar-refractivity contribution in [3.63, 3.8) is 0 Å². The zero-order chi connectivity index (χ0) is 14.5. The molecule has 1 aromatic rings. The van der Waals surface area contributed by atoms with Crippen molar-refractivity contribution in [1.29, 1.82) is 0 Å². The Kier molecular flexibility index (Phi) is 5.14. The second-order valence-electron chi connectivity index (χ2n) is 4.91. The fraction of sp³-hybridized carbons (Fsp3) is 0.571. The van der Waals surface area contributed by atoms with Crippen LogP contribution in [0, 0.1) is 0 Å². The molecule has 110 valence electrons. The minimum absolute atomic E-state index is 0.218. The van der Waals surface area contributed by atoms with E-state index < -0.39 is 0 Å². The highest BCUT2D eigenvalue weighted by molar-refractivity contribution is 7.80. The summed E-state index contributed by atoms with van der Waals surface area (Å²) in [7, 11) is 1.65. The molecule has 2 rings (SSSR count). The summed E-state index contributed by atoms with van der Waals surface area (Å²) < 4.78 is 5.13. The first-order valence-electron chi connectivity index (χ1n) is 6.94. The number of piperazine rings is 1. The lowest BCUT2D eigenvalue weighted by Crippen LogP contribution is -2.53. The summed E-state index contributed by atoms with van der Waals surface area (Å²) >= 11 is 5.14. The average Bonchev–Trinajstić information content (AvgIpc) is 2.48. The lowest BCUT2D eigenvalue weighted by molar-refractivity contribution is 0.224. The first kappa shape index (κ1) is 15.0. The van der Waals surface area contributed by atoms with Crippen molar-refractivity contribution in [3.05, 3.63) is 18.3 Å². The van der Waals surface area contributed by atoms with Crippen molar-refractivity contribution < 1.29 is 4.74 Å². The highest BCUT2D eigenvalue weighted by Gasteiger charge is 2.24. The van der Waals surface area contributed by atoms with Gasteiger partial charge in [-0.3, -0.25) is 4.90 Å². The van der Waals surface area contributed by atoms with Gasteiger partial charge in [0.1, 0.15) is 11.6 Å². The number of nitrogens with two attached hydrogens (primary N) is 1. The molecule has 1 unspecified atom stereocenters. The van der Waals surface area contributed by atoms with Crippen LogP contribution in [0.25, 0.3) is 0 Å². The molecule has 0 amide bonds. The van der Waals surface area contributed by atoms with E-state index in [4.69, 9.17) is 22.7 Å². The average molecular weight is 294 g/mol. The fourth-order valence-corrected chi connectivity index (χ4v) is 2.90. The van der Waals surface area contributed by atoms with E-state index >= 15 is 0 Å². The second kappa shape index (κ2) is 6.85. The lowest BCUT2D eigenvalue weighted by Gasteiger charge is -2.39. The number of hydrogen-bond acceptors (Lipinski definition) is 5. The molecule has 0 saturated carbocycles. The first-order chi connectivity index (χ1) is 9.65. The van der Waals surface area contributed by atoms with Crippen molar-refractivity contribution in [1.82, 2.24) is 9.88 Å². The van der Waals surface area contributed by atoms with Crippen LogP contribution in [-0.2, 0) is 0 Å². The molecule has 0 radical (unpaired) electrons. The highest BCUT2D eigenvalue weighted by Crippen LogP contribution is 2.18. The monoisotopic (exact) mass is 294 g/mol. The smallest absolute Gasteiger partial charge is 0.137 e. The Hall–Kier alpha value is -1.40. The lowest BCUT2D eigenvalue weighted by atomic mass is 10.1. The van der Waals surface area contributed by atoms with Gasteiger partial charge in [-0.1, -0.05) is 19.1 Å². The molecule has 0 aromatic carbocycles. The zero-order valence-electron chi connectivity index (χ0n) is 12.1. The van der Waals surface area contributed by atoms with Gasteiger partial charge in [0.05, 0.1) is 24.3 Å². The van der Waals surface area contributed by atoms with Crippen molar-refractivity contribution in [2.75, 3.05) is 38.2 Å². The Morgan fingerprint density at radius 2 is 2.10 bits per heavy atom. The normalized spacial score (nSPS) is 17.8. The number of thiocarbonyl (C=S) groups is 1. The molecule has 1 aromatic heterocycles. The maximum Gasteiger partial charge on any atom is 0.137 e. The van der Waals surface area contributed by atoms with Crippen LogP contribution in [0.3, 0.4) is 0 Å². The number of ether oxygens (including phenoxy) is 1. The number of aromatic nitrogens is 1. The summed E-state index contributed by atoms with van der Waals surface area (Å²) in [6.07, 6.45) is 2.72. The van der Waals surface area contributed by atoms with Gasteiger partial charge in [0, 0.05) is 26.2 Å². The van der Waals surface area contributed by atoms with Gasteiger partial charge in [0.15, 0.2) is 0 Å². The van der Waals surface area contributed by atoms with E-state index in [1.165, 1.54) is 0 Å². The van der Waals surface area contributed by atoms with Crippen LogP contribution in [0.4, 0.5) is 5.82 Å². The van der Waals surface area contributed by atoms with Crippen molar-refractivity contribution in [2.45, 2.75) is 19.4 Å². The van der Waals surface area contributed by atoms with Crippen LogP contribution in [0.5, 0.6) is 5.75 Å². The van der Waals surface area contributed by atoms with Gasteiger partial charge in [0.2, 0.25) is 0 Å². The number of pyridine rings is 1. The van der Waals surface area contributed by atoms with Gasteiger partial charge >= 0.3 is 0 Å². The van der Waals surface area contributed by atoms with Crippen LogP contribution in [0.1, 0.15) is 13.3 Å². The maximum absolute atomic E-state index is 5.81. The Morgan fingerprint density at radius 3 is 2.55 bits per heavy atom. The quantitative estimate of drug-likeness (QED) is 0.826. The fourth-order valence-electron chi connectivity index (χ4n) is 2.58. The third-order valence-electron chi connectivity index (χ3n) is 3.75. The van der Waals surface area contributed by atoms with Crippen molar-refractivity contribution in [2.24, 2.45) is 5.73 Å². The van der Waals surface area contributed by atoms with Crippen LogP contribution in [0.15, 0.2) is 18.3 Å². The zero-order valence-corrected chi connectivity index (χ0v) is 12.9. The van der Waals surface area contributed by atoms with E-state index in [-0.39, 0.29) is 6.04 Å². The predicted octanol–water partition coefficient (Wildman–Crippen LogP) is 1.28. The van der Waals surface area contributed by atoms with E-state index in [1.54, 1.807) is 13.3 Å². The largest absolute Gasteiger partial charge is 0.495 e. The van der Waals surface area contributed by atoms with Crippen LogP contribution >= 0.6 is 12.2 Å². The summed E-state index contributed by atoms with van der Waals surface area (Å²) in [5.41, 5.74) is 5.81.